The van der Waals surface area contributed by atoms with E-state index in [9.17, 15) is 9.59 Å². The van der Waals surface area contributed by atoms with E-state index in [0.29, 0.717) is 11.0 Å². The molecule has 0 saturated carbocycles. The van der Waals surface area contributed by atoms with Crippen LogP contribution in [0.2, 0.25) is 0 Å². The third kappa shape index (κ3) is 1.35. The Labute approximate surface area is 77.6 Å². The zero-order valence-electron chi connectivity index (χ0n) is 6.93. The van der Waals surface area contributed by atoms with Crippen molar-refractivity contribution < 1.29 is 14.3 Å². The van der Waals surface area contributed by atoms with Gasteiger partial charge in [-0.15, -0.1) is 0 Å². The number of hydrogen-bond acceptors (Lipinski definition) is 4. The highest BCUT2D eigenvalue weighted by atomic mass is 16.4. The number of benzene rings is 1. The average molecular weight is 191 g/mol. The first-order valence-electron chi connectivity index (χ1n) is 3.80. The summed E-state index contributed by atoms with van der Waals surface area (Å²) in [5.41, 5.74) is 0.461. The maximum atomic E-state index is 10.7. The Hall–Kier alpha value is -2.17. The lowest BCUT2D eigenvalue weighted by Crippen LogP contribution is -2.02. The molecule has 0 aliphatic heterocycles. The molecule has 0 amide bonds. The van der Waals surface area contributed by atoms with E-state index < -0.39 is 11.7 Å². The van der Waals surface area contributed by atoms with Gasteiger partial charge in [0.2, 0.25) is 0 Å². The summed E-state index contributed by atoms with van der Waals surface area (Å²) in [5.74, 6) is -1.72. The van der Waals surface area contributed by atoms with E-state index in [1.165, 1.54) is 24.4 Å². The molecule has 0 aliphatic carbocycles. The van der Waals surface area contributed by atoms with Gasteiger partial charge in [-0.1, -0.05) is 0 Å². The van der Waals surface area contributed by atoms with Crippen molar-refractivity contribution in [2.75, 3.05) is 0 Å². The van der Waals surface area contributed by atoms with Crippen LogP contribution in [0.5, 0.6) is 0 Å². The molecule has 14 heavy (non-hydrogen) atoms. The van der Waals surface area contributed by atoms with Crippen LogP contribution in [0.25, 0.3) is 11.0 Å². The molecule has 1 aromatic heterocycles. The molecule has 0 aliphatic rings. The lowest BCUT2D eigenvalue weighted by atomic mass is 10.2. The van der Waals surface area contributed by atoms with Crippen molar-refractivity contribution in [2.45, 2.75) is 0 Å². The lowest BCUT2D eigenvalue weighted by Gasteiger charge is -1.96. The summed E-state index contributed by atoms with van der Waals surface area (Å²) in [6.07, 6.45) is 1.29. The first-order valence-corrected chi connectivity index (χ1v) is 3.80. The van der Waals surface area contributed by atoms with Crippen molar-refractivity contribution in [3.05, 3.63) is 40.5 Å². The second-order valence-corrected chi connectivity index (χ2v) is 2.68. The van der Waals surface area contributed by atoms with Crippen LogP contribution in [0.15, 0.2) is 33.6 Å². The minimum Gasteiger partial charge on any atom is -0.478 e. The summed E-state index contributed by atoms with van der Waals surface area (Å²) in [6.45, 7) is 0. The van der Waals surface area contributed by atoms with Crippen molar-refractivity contribution in [1.29, 1.82) is 0 Å². The van der Waals surface area contributed by atoms with Crippen molar-refractivity contribution in [3.63, 3.8) is 0 Å². The quantitative estimate of drug-likeness (QED) is 0.723. The lowest BCUT2D eigenvalue weighted by molar-refractivity contribution is 0.0697. The second-order valence-electron chi connectivity index (χ2n) is 2.68. The molecule has 0 spiro atoms. The Morgan fingerprint density at radius 2 is 2.21 bits per heavy atom. The van der Waals surface area contributed by atoms with E-state index in [2.05, 4.69) is 4.98 Å². The fourth-order valence-corrected chi connectivity index (χ4v) is 1.12. The smallest absolute Gasteiger partial charge is 0.439 e. The molecule has 0 radical (unpaired) electrons. The molecule has 2 rings (SSSR count). The van der Waals surface area contributed by atoms with Crippen molar-refractivity contribution >= 4 is 16.9 Å². The minimum atomic E-state index is -1.03. The number of hydrogen-bond donors (Lipinski definition) is 1. The molecule has 70 valence electrons. The van der Waals surface area contributed by atoms with Crippen LogP contribution in [0.3, 0.4) is 0 Å². The van der Waals surface area contributed by atoms with Crippen LogP contribution in [0.1, 0.15) is 10.4 Å². The highest BCUT2D eigenvalue weighted by Gasteiger charge is 2.04. The summed E-state index contributed by atoms with van der Waals surface area (Å²) in [6, 6.07) is 4.20. The topological polar surface area (TPSA) is 80.4 Å². The van der Waals surface area contributed by atoms with E-state index in [-0.39, 0.29) is 5.56 Å². The van der Waals surface area contributed by atoms with Crippen molar-refractivity contribution in [3.8, 4) is 0 Å². The van der Waals surface area contributed by atoms with Gasteiger partial charge in [-0.25, -0.2) is 9.59 Å². The van der Waals surface area contributed by atoms with Crippen LogP contribution in [-0.4, -0.2) is 16.1 Å². The van der Waals surface area contributed by atoms with E-state index >= 15 is 0 Å². The molecule has 0 atom stereocenters. The molecule has 0 fully saturated rings. The summed E-state index contributed by atoms with van der Waals surface area (Å²) in [5, 5.41) is 9.18. The van der Waals surface area contributed by atoms with Crippen molar-refractivity contribution in [1.82, 2.24) is 4.98 Å². The van der Waals surface area contributed by atoms with Gasteiger partial charge in [0.15, 0.2) is 0 Å². The summed E-state index contributed by atoms with van der Waals surface area (Å²) >= 11 is 0. The molecule has 1 aromatic carbocycles. The number of nitrogens with zero attached hydrogens (tertiary/aromatic N) is 1. The molecule has 0 saturated heterocycles. The van der Waals surface area contributed by atoms with Gasteiger partial charge in [-0.2, -0.15) is 4.98 Å². The average Bonchev–Trinajstić information content (AvgIpc) is 2.16. The van der Waals surface area contributed by atoms with Crippen LogP contribution in [-0.2, 0) is 0 Å². The van der Waals surface area contributed by atoms with E-state index in [1.807, 2.05) is 0 Å². The van der Waals surface area contributed by atoms with Gasteiger partial charge < -0.3 is 9.52 Å². The molecule has 5 nitrogen and oxygen atoms in total. The van der Waals surface area contributed by atoms with Crippen LogP contribution in [0, 0.1) is 0 Å². The molecule has 2 aromatic rings. The second kappa shape index (κ2) is 2.95. The summed E-state index contributed by atoms with van der Waals surface area (Å²) < 4.78 is 4.74. The van der Waals surface area contributed by atoms with E-state index in [1.54, 1.807) is 0 Å². The highest BCUT2D eigenvalue weighted by molar-refractivity contribution is 5.92. The van der Waals surface area contributed by atoms with Crippen LogP contribution < -0.4 is 5.76 Å². The molecule has 1 N–H and O–H groups in total. The number of aromatic carboxylic acids is 1. The van der Waals surface area contributed by atoms with Gasteiger partial charge in [0.05, 0.1) is 5.56 Å². The van der Waals surface area contributed by atoms with Gasteiger partial charge in [-0.3, -0.25) is 0 Å². The van der Waals surface area contributed by atoms with Gasteiger partial charge in [0.25, 0.3) is 0 Å². The molecular weight excluding hydrogens is 186 g/mol. The number of carboxylic acids is 1. The third-order valence-corrected chi connectivity index (χ3v) is 1.76. The number of carboxylic acid groups (broad SMARTS) is 1. The number of carbonyl (C=O) groups is 1. The Morgan fingerprint density at radius 3 is 2.93 bits per heavy atom. The van der Waals surface area contributed by atoms with Gasteiger partial charge in [0, 0.05) is 11.6 Å². The van der Waals surface area contributed by atoms with Crippen LogP contribution in [0.4, 0.5) is 0 Å². The first kappa shape index (κ1) is 8.43. The predicted molar refractivity (Wildman–Crippen MR) is 47.2 cm³/mol. The highest BCUT2D eigenvalue weighted by Crippen LogP contribution is 2.12. The minimum absolute atomic E-state index is 0.133. The Kier molecular flexibility index (Phi) is 1.78. The first-order chi connectivity index (χ1) is 6.66. The Balaban J connectivity index is 2.73. The van der Waals surface area contributed by atoms with Crippen molar-refractivity contribution in [2.24, 2.45) is 0 Å². The monoisotopic (exact) mass is 191 g/mol. The maximum Gasteiger partial charge on any atom is 0.439 e. The molecule has 1 heterocycles. The van der Waals surface area contributed by atoms with E-state index in [4.69, 9.17) is 9.52 Å². The number of fused-ring (bicyclic) bond motifs is 1. The molecule has 0 bridgehead atoms. The Morgan fingerprint density at radius 1 is 1.43 bits per heavy atom. The predicted octanol–water partition coefficient (Wildman–Crippen LogP) is 0.886. The van der Waals surface area contributed by atoms with Gasteiger partial charge in [-0.05, 0) is 18.2 Å². The SMILES string of the molecule is O=C(O)c1ccc2oc(=O)ncc2c1. The normalized spacial score (nSPS) is 10.3. The fourth-order valence-electron chi connectivity index (χ4n) is 1.12. The standard InChI is InChI=1S/C9H5NO4/c11-8(12)5-1-2-7-6(3-5)4-10-9(13)14-7/h1-4H,(H,11,12). The Bertz CT molecular complexity index is 558. The summed E-state index contributed by atoms with van der Waals surface area (Å²) in [4.78, 5) is 24.7. The maximum absolute atomic E-state index is 10.7. The molecule has 5 heteroatoms. The van der Waals surface area contributed by atoms with Gasteiger partial charge >= 0.3 is 11.7 Å². The number of rotatable bonds is 1. The summed E-state index contributed by atoms with van der Waals surface area (Å²) in [7, 11) is 0. The largest absolute Gasteiger partial charge is 0.478 e. The number of aromatic nitrogens is 1. The molecule has 0 unspecified atom stereocenters. The molecular formula is C9H5NO4. The van der Waals surface area contributed by atoms with E-state index in [0.717, 1.165) is 0 Å². The zero-order valence-corrected chi connectivity index (χ0v) is 6.93. The third-order valence-electron chi connectivity index (χ3n) is 1.76. The van der Waals surface area contributed by atoms with Crippen LogP contribution >= 0.6 is 0 Å². The van der Waals surface area contributed by atoms with Gasteiger partial charge in [0.1, 0.15) is 5.58 Å². The zero-order chi connectivity index (χ0) is 10.1. The fraction of sp³-hybridized carbons (Fsp3) is 0.